The predicted molar refractivity (Wildman–Crippen MR) is 94.2 cm³/mol. The second kappa shape index (κ2) is 7.36. The fourth-order valence-corrected chi connectivity index (χ4v) is 2.81. The van der Waals surface area contributed by atoms with Gasteiger partial charge >= 0.3 is 5.76 Å². The minimum Gasteiger partial charge on any atom is -0.408 e. The minimum atomic E-state index is -0.761. The molecule has 2 N–H and O–H groups in total. The third-order valence-corrected chi connectivity index (χ3v) is 4.18. The third-order valence-electron chi connectivity index (χ3n) is 4.18. The number of hydrogen-bond donors (Lipinski definition) is 2. The molecule has 130 valence electrons. The van der Waals surface area contributed by atoms with Crippen molar-refractivity contribution in [3.05, 3.63) is 70.2 Å². The molecule has 0 saturated heterocycles. The van der Waals surface area contributed by atoms with Crippen molar-refractivity contribution in [2.75, 3.05) is 6.54 Å². The molecule has 3 rings (SSSR count). The van der Waals surface area contributed by atoms with Crippen LogP contribution in [0.1, 0.15) is 23.7 Å². The molecule has 1 heterocycles. The van der Waals surface area contributed by atoms with Crippen molar-refractivity contribution in [2.45, 2.75) is 26.0 Å². The number of aliphatic hydroxyl groups is 1. The lowest BCUT2D eigenvalue weighted by molar-refractivity contribution is -0.121. The number of hydrogen-bond acceptors (Lipinski definition) is 4. The molecule has 25 heavy (non-hydrogen) atoms. The van der Waals surface area contributed by atoms with Crippen molar-refractivity contribution in [2.24, 2.45) is 0 Å². The van der Waals surface area contributed by atoms with Crippen molar-refractivity contribution < 1.29 is 14.3 Å². The van der Waals surface area contributed by atoms with E-state index in [1.807, 2.05) is 37.3 Å². The topological polar surface area (TPSA) is 84.5 Å². The van der Waals surface area contributed by atoms with Crippen molar-refractivity contribution in [3.8, 4) is 0 Å². The molecule has 0 aliphatic heterocycles. The molecule has 1 unspecified atom stereocenters. The molecular formula is C19H20N2O4. The molecule has 0 spiro atoms. The minimum absolute atomic E-state index is 0.129. The first-order valence-electron chi connectivity index (χ1n) is 8.15. The number of amides is 1. The lowest BCUT2D eigenvalue weighted by atomic mass is 10.0. The number of nitrogens with one attached hydrogen (secondary N) is 1. The zero-order valence-corrected chi connectivity index (χ0v) is 13.9. The van der Waals surface area contributed by atoms with Gasteiger partial charge in [-0.3, -0.25) is 9.36 Å². The molecular weight excluding hydrogens is 320 g/mol. The Hall–Kier alpha value is -2.86. The molecule has 1 atom stereocenters. The summed E-state index contributed by atoms with van der Waals surface area (Å²) >= 11 is 0. The molecule has 3 aromatic rings. The normalized spacial score (nSPS) is 12.2. The summed E-state index contributed by atoms with van der Waals surface area (Å²) in [7, 11) is 0. The Balaban J connectivity index is 1.57. The standard InChI is InChI=1S/C19H20N2O4/c1-13-6-2-3-7-14(13)16(22)12-20-18(23)10-11-21-15-8-4-5-9-17(15)25-19(21)24/h2-9,16,22H,10-12H2,1H3,(H,20,23). The summed E-state index contributed by atoms with van der Waals surface area (Å²) in [5, 5.41) is 12.9. The average molecular weight is 340 g/mol. The third kappa shape index (κ3) is 3.80. The molecule has 2 aromatic carbocycles. The first-order chi connectivity index (χ1) is 12.1. The first kappa shape index (κ1) is 17.0. The molecule has 0 bridgehead atoms. The fourth-order valence-electron chi connectivity index (χ4n) is 2.81. The van der Waals surface area contributed by atoms with Crippen LogP contribution in [-0.4, -0.2) is 22.1 Å². The van der Waals surface area contributed by atoms with Crippen LogP contribution < -0.4 is 11.1 Å². The lowest BCUT2D eigenvalue weighted by Crippen LogP contribution is -2.30. The van der Waals surface area contributed by atoms with Gasteiger partial charge in [0.15, 0.2) is 5.58 Å². The van der Waals surface area contributed by atoms with Gasteiger partial charge in [0.25, 0.3) is 0 Å². The highest BCUT2D eigenvalue weighted by molar-refractivity contribution is 5.76. The lowest BCUT2D eigenvalue weighted by Gasteiger charge is -2.14. The summed E-state index contributed by atoms with van der Waals surface area (Å²) in [4.78, 5) is 23.9. The van der Waals surface area contributed by atoms with Crippen molar-refractivity contribution >= 4 is 17.0 Å². The summed E-state index contributed by atoms with van der Waals surface area (Å²) in [5.41, 5.74) is 2.93. The maximum absolute atomic E-state index is 12.0. The van der Waals surface area contributed by atoms with Crippen molar-refractivity contribution in [3.63, 3.8) is 0 Å². The number of carbonyl (C=O) groups excluding carboxylic acids is 1. The van der Waals surface area contributed by atoms with Crippen LogP contribution in [0.3, 0.4) is 0 Å². The SMILES string of the molecule is Cc1ccccc1C(O)CNC(=O)CCn1c(=O)oc2ccccc21. The van der Waals surface area contributed by atoms with E-state index >= 15 is 0 Å². The number of benzene rings is 2. The maximum Gasteiger partial charge on any atom is 0.419 e. The van der Waals surface area contributed by atoms with Crippen LogP contribution in [0, 0.1) is 6.92 Å². The Morgan fingerprint density at radius 1 is 1.20 bits per heavy atom. The number of aromatic nitrogens is 1. The Morgan fingerprint density at radius 2 is 1.92 bits per heavy atom. The molecule has 6 nitrogen and oxygen atoms in total. The molecule has 0 aliphatic rings. The monoisotopic (exact) mass is 340 g/mol. The average Bonchev–Trinajstić information content (AvgIpc) is 2.93. The Morgan fingerprint density at radius 3 is 2.72 bits per heavy atom. The van der Waals surface area contributed by atoms with Crippen LogP contribution in [0.2, 0.25) is 0 Å². The summed E-state index contributed by atoms with van der Waals surface area (Å²) in [5.74, 6) is -0.709. The molecule has 0 saturated carbocycles. The highest BCUT2D eigenvalue weighted by Gasteiger charge is 2.13. The van der Waals surface area contributed by atoms with Gasteiger partial charge in [-0.15, -0.1) is 0 Å². The Labute approximate surface area is 144 Å². The van der Waals surface area contributed by atoms with Crippen molar-refractivity contribution in [1.82, 2.24) is 9.88 Å². The van der Waals surface area contributed by atoms with Crippen LogP contribution in [0.5, 0.6) is 0 Å². The van der Waals surface area contributed by atoms with Gasteiger partial charge in [-0.25, -0.2) is 4.79 Å². The number of para-hydroxylation sites is 2. The number of aryl methyl sites for hydroxylation is 2. The smallest absolute Gasteiger partial charge is 0.408 e. The van der Waals surface area contributed by atoms with Gasteiger partial charge in [0, 0.05) is 19.5 Å². The number of oxazole rings is 1. The van der Waals surface area contributed by atoms with Crippen LogP contribution in [0.15, 0.2) is 57.7 Å². The second-order valence-corrected chi connectivity index (χ2v) is 5.91. The van der Waals surface area contributed by atoms with Gasteiger partial charge < -0.3 is 14.8 Å². The zero-order chi connectivity index (χ0) is 17.8. The van der Waals surface area contributed by atoms with Gasteiger partial charge in [-0.05, 0) is 30.2 Å². The van der Waals surface area contributed by atoms with Crippen molar-refractivity contribution in [1.29, 1.82) is 0 Å². The van der Waals surface area contributed by atoms with E-state index in [9.17, 15) is 14.7 Å². The summed E-state index contributed by atoms with van der Waals surface area (Å²) in [6.07, 6.45) is -0.633. The van der Waals surface area contributed by atoms with E-state index in [0.29, 0.717) is 11.1 Å². The van der Waals surface area contributed by atoms with Gasteiger partial charge in [0.2, 0.25) is 5.91 Å². The molecule has 1 amide bonds. The van der Waals surface area contributed by atoms with Crippen LogP contribution in [0.4, 0.5) is 0 Å². The van der Waals surface area contributed by atoms with Gasteiger partial charge in [-0.2, -0.15) is 0 Å². The van der Waals surface area contributed by atoms with Gasteiger partial charge in [0.05, 0.1) is 11.6 Å². The van der Waals surface area contributed by atoms with E-state index in [0.717, 1.165) is 11.1 Å². The molecule has 0 fully saturated rings. The molecule has 0 radical (unpaired) electrons. The maximum atomic E-state index is 12.0. The number of rotatable bonds is 6. The first-order valence-corrected chi connectivity index (χ1v) is 8.15. The summed E-state index contributed by atoms with van der Waals surface area (Å²) < 4.78 is 6.57. The number of fused-ring (bicyclic) bond motifs is 1. The van der Waals surface area contributed by atoms with E-state index < -0.39 is 11.9 Å². The largest absolute Gasteiger partial charge is 0.419 e. The highest BCUT2D eigenvalue weighted by atomic mass is 16.4. The number of nitrogens with zero attached hydrogens (tertiary/aromatic N) is 1. The molecule has 6 heteroatoms. The van der Waals surface area contributed by atoms with Gasteiger partial charge in [0.1, 0.15) is 0 Å². The molecule has 1 aromatic heterocycles. The Bertz CT molecular complexity index is 942. The van der Waals surface area contributed by atoms with Crippen LogP contribution >= 0.6 is 0 Å². The molecule has 0 aliphatic carbocycles. The Kier molecular flexibility index (Phi) is 5.00. The second-order valence-electron chi connectivity index (χ2n) is 5.91. The highest BCUT2D eigenvalue weighted by Crippen LogP contribution is 2.16. The van der Waals surface area contributed by atoms with E-state index in [1.54, 1.807) is 18.2 Å². The van der Waals surface area contributed by atoms with E-state index in [-0.39, 0.29) is 25.4 Å². The van der Waals surface area contributed by atoms with E-state index in [4.69, 9.17) is 4.42 Å². The zero-order valence-electron chi connectivity index (χ0n) is 13.9. The van der Waals surface area contributed by atoms with Gasteiger partial charge in [-0.1, -0.05) is 36.4 Å². The fraction of sp³-hybridized carbons (Fsp3) is 0.263. The van der Waals surface area contributed by atoms with E-state index in [2.05, 4.69) is 5.32 Å². The quantitative estimate of drug-likeness (QED) is 0.720. The van der Waals surface area contributed by atoms with Crippen LogP contribution in [-0.2, 0) is 11.3 Å². The number of aliphatic hydroxyl groups excluding tert-OH is 1. The predicted octanol–water partition coefficient (Wildman–Crippen LogP) is 2.14. The van der Waals surface area contributed by atoms with Crippen LogP contribution in [0.25, 0.3) is 11.1 Å². The number of carbonyl (C=O) groups is 1. The summed E-state index contributed by atoms with van der Waals surface area (Å²) in [6, 6.07) is 14.6. The summed E-state index contributed by atoms with van der Waals surface area (Å²) in [6.45, 7) is 2.27. The van der Waals surface area contributed by atoms with E-state index in [1.165, 1.54) is 4.57 Å².